The number of nitrogens with two attached hydrogens (primary N) is 1. The summed E-state index contributed by atoms with van der Waals surface area (Å²) in [5, 5.41) is 8.93. The molecule has 2 aromatic rings. The first-order valence-electron chi connectivity index (χ1n) is 8.20. The first-order chi connectivity index (χ1) is 12.2. The molecule has 0 atom stereocenters. The van der Waals surface area contributed by atoms with Gasteiger partial charge in [-0.25, -0.2) is 9.38 Å². The van der Waals surface area contributed by atoms with Gasteiger partial charge in [0, 0.05) is 31.9 Å². The minimum atomic E-state index is -0.223. The van der Waals surface area contributed by atoms with Crippen LogP contribution in [0.1, 0.15) is 11.1 Å². The van der Waals surface area contributed by atoms with Crippen molar-refractivity contribution in [2.24, 2.45) is 10.7 Å². The van der Waals surface area contributed by atoms with Crippen molar-refractivity contribution in [3.05, 3.63) is 65.5 Å². The monoisotopic (exact) mass is 337 g/mol. The van der Waals surface area contributed by atoms with E-state index in [9.17, 15) is 4.39 Å². The molecule has 1 heterocycles. The van der Waals surface area contributed by atoms with Crippen molar-refractivity contribution in [3.8, 4) is 6.07 Å². The fourth-order valence-electron chi connectivity index (χ4n) is 2.86. The molecule has 5 nitrogen and oxygen atoms in total. The molecule has 25 heavy (non-hydrogen) atoms. The largest absolute Gasteiger partial charge is 0.370 e. The Morgan fingerprint density at radius 1 is 1.12 bits per heavy atom. The zero-order valence-corrected chi connectivity index (χ0v) is 13.9. The molecular formula is C19H20FN5. The average Bonchev–Trinajstić information content (AvgIpc) is 2.67. The minimum absolute atomic E-state index is 0.223. The van der Waals surface area contributed by atoms with Crippen LogP contribution in [0.2, 0.25) is 0 Å². The van der Waals surface area contributed by atoms with Gasteiger partial charge in [-0.2, -0.15) is 5.26 Å². The normalized spacial score (nSPS) is 15.1. The van der Waals surface area contributed by atoms with E-state index in [2.05, 4.69) is 16.0 Å². The first kappa shape index (κ1) is 16.8. The molecule has 0 unspecified atom stereocenters. The molecule has 1 aliphatic rings. The van der Waals surface area contributed by atoms with Crippen molar-refractivity contribution < 1.29 is 4.39 Å². The summed E-state index contributed by atoms with van der Waals surface area (Å²) in [4.78, 5) is 8.70. The van der Waals surface area contributed by atoms with Crippen molar-refractivity contribution >= 4 is 11.6 Å². The van der Waals surface area contributed by atoms with Crippen molar-refractivity contribution in [2.75, 3.05) is 31.1 Å². The van der Waals surface area contributed by atoms with Crippen LogP contribution in [0.3, 0.4) is 0 Å². The summed E-state index contributed by atoms with van der Waals surface area (Å²) in [6.07, 6.45) is 0. The Kier molecular flexibility index (Phi) is 5.14. The van der Waals surface area contributed by atoms with Gasteiger partial charge in [-0.1, -0.05) is 12.1 Å². The van der Waals surface area contributed by atoms with E-state index in [1.165, 1.54) is 12.1 Å². The maximum Gasteiger partial charge on any atom is 0.191 e. The van der Waals surface area contributed by atoms with Crippen LogP contribution in [0, 0.1) is 17.1 Å². The van der Waals surface area contributed by atoms with E-state index in [-0.39, 0.29) is 5.82 Å². The molecule has 2 aromatic carbocycles. The Morgan fingerprint density at radius 2 is 1.84 bits per heavy atom. The Bertz CT molecular complexity index is 786. The number of aliphatic imine (C=N–C) groups is 1. The van der Waals surface area contributed by atoms with Crippen LogP contribution in [0.25, 0.3) is 0 Å². The van der Waals surface area contributed by atoms with E-state index in [1.54, 1.807) is 18.2 Å². The summed E-state index contributed by atoms with van der Waals surface area (Å²) in [6.45, 7) is 3.62. The highest BCUT2D eigenvalue weighted by Gasteiger charge is 2.18. The molecule has 0 amide bonds. The summed E-state index contributed by atoms with van der Waals surface area (Å²) >= 11 is 0. The van der Waals surface area contributed by atoms with E-state index in [0.29, 0.717) is 18.1 Å². The molecule has 0 spiro atoms. The van der Waals surface area contributed by atoms with Crippen LogP contribution in [0.15, 0.2) is 53.5 Å². The highest BCUT2D eigenvalue weighted by atomic mass is 19.1. The number of hydrogen-bond donors (Lipinski definition) is 1. The Balaban J connectivity index is 1.56. The number of nitriles is 1. The average molecular weight is 337 g/mol. The maximum atomic E-state index is 13.0. The summed E-state index contributed by atoms with van der Waals surface area (Å²) < 4.78 is 13.0. The molecule has 0 aromatic heterocycles. The van der Waals surface area contributed by atoms with Gasteiger partial charge in [-0.05, 0) is 42.0 Å². The molecule has 2 N–H and O–H groups in total. The second-order valence-electron chi connectivity index (χ2n) is 5.94. The molecule has 1 aliphatic heterocycles. The Labute approximate surface area is 146 Å². The lowest BCUT2D eigenvalue weighted by molar-refractivity contribution is 0.380. The van der Waals surface area contributed by atoms with Crippen molar-refractivity contribution in [1.29, 1.82) is 5.26 Å². The van der Waals surface area contributed by atoms with E-state index < -0.39 is 0 Å². The number of guanidine groups is 1. The number of rotatable bonds is 3. The lowest BCUT2D eigenvalue weighted by Gasteiger charge is -2.36. The number of benzene rings is 2. The Morgan fingerprint density at radius 3 is 2.52 bits per heavy atom. The fourth-order valence-corrected chi connectivity index (χ4v) is 2.86. The van der Waals surface area contributed by atoms with Crippen molar-refractivity contribution in [3.63, 3.8) is 0 Å². The van der Waals surface area contributed by atoms with Gasteiger partial charge < -0.3 is 15.5 Å². The van der Waals surface area contributed by atoms with Crippen LogP contribution in [0.5, 0.6) is 0 Å². The standard InChI is InChI=1S/C19H20FN5/c20-17-4-6-18(7-5-17)24-8-10-25(11-9-24)19(22)23-14-16-3-1-2-15(12-16)13-21/h1-7,12H,8-11,14H2,(H2,22,23). The van der Waals surface area contributed by atoms with Gasteiger partial charge in [0.25, 0.3) is 0 Å². The second-order valence-corrected chi connectivity index (χ2v) is 5.94. The summed E-state index contributed by atoms with van der Waals surface area (Å²) in [5.74, 6) is 0.292. The van der Waals surface area contributed by atoms with Gasteiger partial charge >= 0.3 is 0 Å². The number of halogens is 1. The Hall–Kier alpha value is -3.07. The topological polar surface area (TPSA) is 68.6 Å². The molecule has 0 aliphatic carbocycles. The zero-order valence-electron chi connectivity index (χ0n) is 13.9. The van der Waals surface area contributed by atoms with Gasteiger partial charge in [0.15, 0.2) is 5.96 Å². The number of hydrogen-bond acceptors (Lipinski definition) is 3. The fraction of sp³-hybridized carbons (Fsp3) is 0.263. The van der Waals surface area contributed by atoms with Gasteiger partial charge in [0.1, 0.15) is 5.82 Å². The van der Waals surface area contributed by atoms with Gasteiger partial charge in [0.2, 0.25) is 0 Å². The predicted octanol–water partition coefficient (Wildman–Crippen LogP) is 2.33. The van der Waals surface area contributed by atoms with Crippen LogP contribution >= 0.6 is 0 Å². The molecule has 1 saturated heterocycles. The van der Waals surface area contributed by atoms with Gasteiger partial charge in [-0.3, -0.25) is 0 Å². The summed E-state index contributed by atoms with van der Waals surface area (Å²) in [5.41, 5.74) is 8.72. The third kappa shape index (κ3) is 4.27. The van der Waals surface area contributed by atoms with Crippen LogP contribution < -0.4 is 10.6 Å². The SMILES string of the molecule is N#Cc1cccc(CN=C(N)N2CCN(c3ccc(F)cc3)CC2)c1. The third-order valence-electron chi connectivity index (χ3n) is 4.28. The molecular weight excluding hydrogens is 317 g/mol. The van der Waals surface area contributed by atoms with Crippen molar-refractivity contribution in [2.45, 2.75) is 6.54 Å². The van der Waals surface area contributed by atoms with E-state index in [4.69, 9.17) is 11.0 Å². The van der Waals surface area contributed by atoms with Crippen LogP contribution in [0.4, 0.5) is 10.1 Å². The predicted molar refractivity (Wildman–Crippen MR) is 96.7 cm³/mol. The lowest BCUT2D eigenvalue weighted by Crippen LogP contribution is -2.51. The van der Waals surface area contributed by atoms with E-state index in [0.717, 1.165) is 37.4 Å². The maximum absolute atomic E-state index is 13.0. The molecule has 1 fully saturated rings. The van der Waals surface area contributed by atoms with Crippen LogP contribution in [-0.2, 0) is 6.54 Å². The molecule has 0 bridgehead atoms. The number of anilines is 1. The molecule has 6 heteroatoms. The first-order valence-corrected chi connectivity index (χ1v) is 8.20. The highest BCUT2D eigenvalue weighted by molar-refractivity contribution is 5.78. The van der Waals surface area contributed by atoms with E-state index >= 15 is 0 Å². The molecule has 0 radical (unpaired) electrons. The molecule has 3 rings (SSSR count). The smallest absolute Gasteiger partial charge is 0.191 e. The molecule has 128 valence electrons. The van der Waals surface area contributed by atoms with Gasteiger partial charge in [-0.15, -0.1) is 0 Å². The molecule has 0 saturated carbocycles. The third-order valence-corrected chi connectivity index (χ3v) is 4.28. The van der Waals surface area contributed by atoms with Gasteiger partial charge in [0.05, 0.1) is 18.2 Å². The highest BCUT2D eigenvalue weighted by Crippen LogP contribution is 2.17. The number of nitrogens with zero attached hydrogens (tertiary/aromatic N) is 4. The number of piperazine rings is 1. The summed E-state index contributed by atoms with van der Waals surface area (Å²) in [6, 6.07) is 16.0. The quantitative estimate of drug-likeness (QED) is 0.689. The van der Waals surface area contributed by atoms with Crippen LogP contribution in [-0.4, -0.2) is 37.0 Å². The minimum Gasteiger partial charge on any atom is -0.370 e. The zero-order chi connectivity index (χ0) is 17.6. The lowest BCUT2D eigenvalue weighted by atomic mass is 10.1. The second kappa shape index (κ2) is 7.67. The summed E-state index contributed by atoms with van der Waals surface area (Å²) in [7, 11) is 0. The van der Waals surface area contributed by atoms with Crippen molar-refractivity contribution in [1.82, 2.24) is 4.90 Å². The van der Waals surface area contributed by atoms with E-state index in [1.807, 2.05) is 23.1 Å².